The maximum Gasteiger partial charge on any atom is 0.276 e. The van der Waals surface area contributed by atoms with Crippen LogP contribution in [0.15, 0.2) is 41.2 Å². The second-order valence-electron chi connectivity index (χ2n) is 7.35. The summed E-state index contributed by atoms with van der Waals surface area (Å²) in [6.45, 7) is 2.20. The zero-order valence-corrected chi connectivity index (χ0v) is 16.3. The van der Waals surface area contributed by atoms with Gasteiger partial charge in [0.15, 0.2) is 5.69 Å². The van der Waals surface area contributed by atoms with E-state index in [1.165, 1.54) is 0 Å². The molecule has 1 aromatic carbocycles. The first-order valence-electron chi connectivity index (χ1n) is 9.87. The summed E-state index contributed by atoms with van der Waals surface area (Å²) >= 11 is 0. The van der Waals surface area contributed by atoms with E-state index in [0.29, 0.717) is 60.7 Å². The summed E-state index contributed by atoms with van der Waals surface area (Å²) in [5, 5.41) is 0. The Balaban J connectivity index is 1.58. The first-order chi connectivity index (χ1) is 14.6. The lowest BCUT2D eigenvalue weighted by Gasteiger charge is -2.26. The number of carbonyl (C=O) groups is 1. The van der Waals surface area contributed by atoms with Crippen molar-refractivity contribution in [2.75, 3.05) is 32.0 Å². The van der Waals surface area contributed by atoms with Gasteiger partial charge in [-0.1, -0.05) is 18.2 Å². The zero-order valence-electron chi connectivity index (χ0n) is 16.3. The van der Waals surface area contributed by atoms with Gasteiger partial charge in [0.2, 0.25) is 0 Å². The van der Waals surface area contributed by atoms with Gasteiger partial charge in [-0.25, -0.2) is 4.98 Å². The number of nitrogens with zero attached hydrogens (tertiary/aromatic N) is 2. The molecule has 2 aliphatic rings. The average Bonchev–Trinajstić information content (AvgIpc) is 2.93. The number of anilines is 1. The fraction of sp³-hybridized carbons (Fsp3) is 0.227. The number of nitrogens with one attached hydrogen (secondary N) is 2. The molecule has 4 N–H and O–H groups in total. The molecular formula is C22H21N5O3. The molecule has 0 bridgehead atoms. The Morgan fingerprint density at radius 2 is 2.00 bits per heavy atom. The van der Waals surface area contributed by atoms with Gasteiger partial charge in [0, 0.05) is 29.9 Å². The molecule has 2 aromatic heterocycles. The zero-order chi connectivity index (χ0) is 20.7. The third kappa shape index (κ3) is 3.11. The van der Waals surface area contributed by atoms with Crippen LogP contribution in [0, 0.1) is 0 Å². The highest BCUT2D eigenvalue weighted by atomic mass is 16.5. The Morgan fingerprint density at radius 1 is 1.17 bits per heavy atom. The van der Waals surface area contributed by atoms with Crippen LogP contribution in [-0.4, -0.2) is 52.1 Å². The van der Waals surface area contributed by atoms with Gasteiger partial charge in [0.25, 0.3) is 11.5 Å². The predicted octanol–water partition coefficient (Wildman–Crippen LogP) is 2.10. The van der Waals surface area contributed by atoms with E-state index in [2.05, 4.69) is 15.0 Å². The maximum absolute atomic E-state index is 12.8. The van der Waals surface area contributed by atoms with Gasteiger partial charge in [-0.05, 0) is 30.7 Å². The molecule has 8 nitrogen and oxygen atoms in total. The van der Waals surface area contributed by atoms with Crippen molar-refractivity contribution in [1.82, 2.24) is 19.9 Å². The van der Waals surface area contributed by atoms with Gasteiger partial charge in [-0.15, -0.1) is 0 Å². The van der Waals surface area contributed by atoms with Crippen molar-refractivity contribution in [3.05, 3.63) is 63.6 Å². The number of fused-ring (bicyclic) bond motifs is 2. The van der Waals surface area contributed by atoms with Crippen LogP contribution in [0.5, 0.6) is 0 Å². The van der Waals surface area contributed by atoms with Gasteiger partial charge in [0.05, 0.1) is 35.6 Å². The summed E-state index contributed by atoms with van der Waals surface area (Å²) in [5.41, 5.74) is 10.7. The third-order valence-corrected chi connectivity index (χ3v) is 5.49. The minimum atomic E-state index is -0.336. The lowest BCUT2D eigenvalue weighted by molar-refractivity contribution is 0.0303. The summed E-state index contributed by atoms with van der Waals surface area (Å²) < 4.78 is 5.32. The number of H-pyrrole nitrogens is 2. The Kier molecular flexibility index (Phi) is 4.48. The minimum absolute atomic E-state index is 0.0715. The fourth-order valence-corrected chi connectivity index (χ4v) is 3.87. The number of aromatic nitrogens is 3. The van der Waals surface area contributed by atoms with Crippen molar-refractivity contribution in [3.63, 3.8) is 0 Å². The molecule has 3 aromatic rings. The summed E-state index contributed by atoms with van der Waals surface area (Å²) in [6.07, 6.45) is 8.49. The minimum Gasteiger partial charge on any atom is -0.397 e. The summed E-state index contributed by atoms with van der Waals surface area (Å²) in [5.74, 6) is -0.0715. The molecule has 5 rings (SSSR count). The van der Waals surface area contributed by atoms with Gasteiger partial charge >= 0.3 is 0 Å². The number of benzene rings is 1. The van der Waals surface area contributed by atoms with Crippen molar-refractivity contribution >= 4 is 28.7 Å². The molecule has 0 unspecified atom stereocenters. The number of carbonyl (C=O) groups excluding carboxylic acids is 1. The molecule has 0 radical (unpaired) electrons. The smallest absolute Gasteiger partial charge is 0.276 e. The van der Waals surface area contributed by atoms with Gasteiger partial charge < -0.3 is 25.3 Å². The largest absolute Gasteiger partial charge is 0.397 e. The highest BCUT2D eigenvalue weighted by Gasteiger charge is 2.21. The van der Waals surface area contributed by atoms with Gasteiger partial charge in [-0.3, -0.25) is 9.59 Å². The Bertz CT molecular complexity index is 1260. The molecule has 152 valence electrons. The van der Waals surface area contributed by atoms with Gasteiger partial charge in [0.1, 0.15) is 0 Å². The number of nitrogen functional groups attached to an aromatic ring is 1. The SMILES string of the molecule is Nc1c(-c2nc3cc(C(=O)N4CCOCC4)ccc3[nH]c2=O)[nH]c2c1CC=CC=C2. The molecule has 0 atom stereocenters. The number of rotatable bonds is 2. The lowest BCUT2D eigenvalue weighted by atomic mass is 10.1. The number of allylic oxidation sites excluding steroid dienone is 3. The van der Waals surface area contributed by atoms with Crippen LogP contribution in [0.2, 0.25) is 0 Å². The van der Waals surface area contributed by atoms with E-state index < -0.39 is 0 Å². The number of ether oxygens (including phenoxy) is 1. The average molecular weight is 403 g/mol. The topological polar surface area (TPSA) is 117 Å². The summed E-state index contributed by atoms with van der Waals surface area (Å²) in [6, 6.07) is 5.13. The van der Waals surface area contributed by atoms with E-state index in [1.54, 1.807) is 23.1 Å². The Morgan fingerprint density at radius 3 is 2.83 bits per heavy atom. The molecule has 1 aliphatic heterocycles. The number of hydrogen-bond donors (Lipinski definition) is 3. The van der Waals surface area contributed by atoms with E-state index in [9.17, 15) is 9.59 Å². The molecule has 1 aliphatic carbocycles. The van der Waals surface area contributed by atoms with E-state index >= 15 is 0 Å². The van der Waals surface area contributed by atoms with Crippen molar-refractivity contribution in [2.45, 2.75) is 6.42 Å². The van der Waals surface area contributed by atoms with Crippen LogP contribution >= 0.6 is 0 Å². The fourth-order valence-electron chi connectivity index (χ4n) is 3.87. The first-order valence-corrected chi connectivity index (χ1v) is 9.87. The van der Waals surface area contributed by atoms with Crippen LogP contribution in [0.25, 0.3) is 28.5 Å². The maximum atomic E-state index is 12.8. The molecular weight excluding hydrogens is 382 g/mol. The molecule has 1 fully saturated rings. The molecule has 3 heterocycles. The Hall–Kier alpha value is -3.65. The molecule has 1 amide bonds. The van der Waals surface area contributed by atoms with Crippen LogP contribution in [0.3, 0.4) is 0 Å². The first kappa shape index (κ1) is 18.4. The van der Waals surface area contributed by atoms with E-state index in [0.717, 1.165) is 11.3 Å². The summed E-state index contributed by atoms with van der Waals surface area (Å²) in [7, 11) is 0. The second kappa shape index (κ2) is 7.31. The quantitative estimate of drug-likeness (QED) is 0.606. The third-order valence-electron chi connectivity index (χ3n) is 5.49. The summed E-state index contributed by atoms with van der Waals surface area (Å²) in [4.78, 5) is 37.9. The van der Waals surface area contributed by atoms with Crippen LogP contribution < -0.4 is 11.3 Å². The van der Waals surface area contributed by atoms with Crippen LogP contribution in [0.4, 0.5) is 5.69 Å². The van der Waals surface area contributed by atoms with E-state index in [4.69, 9.17) is 10.5 Å². The van der Waals surface area contributed by atoms with Crippen molar-refractivity contribution in [1.29, 1.82) is 0 Å². The molecule has 0 saturated carbocycles. The monoisotopic (exact) mass is 403 g/mol. The molecule has 8 heteroatoms. The van der Waals surface area contributed by atoms with Crippen molar-refractivity contribution in [3.8, 4) is 11.4 Å². The van der Waals surface area contributed by atoms with Crippen LogP contribution in [-0.2, 0) is 11.2 Å². The molecule has 30 heavy (non-hydrogen) atoms. The Labute approximate surface area is 172 Å². The van der Waals surface area contributed by atoms with E-state index in [1.807, 2.05) is 24.3 Å². The number of nitrogens with two attached hydrogens (primary N) is 1. The van der Waals surface area contributed by atoms with Crippen molar-refractivity contribution in [2.24, 2.45) is 0 Å². The van der Waals surface area contributed by atoms with Crippen molar-refractivity contribution < 1.29 is 9.53 Å². The second-order valence-corrected chi connectivity index (χ2v) is 7.35. The molecule has 0 spiro atoms. The highest BCUT2D eigenvalue weighted by molar-refractivity contribution is 5.97. The normalized spacial score (nSPS) is 15.9. The van der Waals surface area contributed by atoms with Gasteiger partial charge in [-0.2, -0.15) is 0 Å². The standard InChI is InChI=1S/C22H21N5O3/c23-18-14-4-2-1-3-5-15(14)24-19(18)20-21(28)26-16-7-6-13(12-17(16)25-20)22(29)27-8-10-30-11-9-27/h1-3,5-7,12,24H,4,8-11,23H2,(H,26,28). The number of amides is 1. The highest BCUT2D eigenvalue weighted by Crippen LogP contribution is 2.31. The number of aromatic amines is 2. The number of hydrogen-bond acceptors (Lipinski definition) is 5. The number of morpholine rings is 1. The lowest BCUT2D eigenvalue weighted by Crippen LogP contribution is -2.40. The van der Waals surface area contributed by atoms with Crippen LogP contribution in [0.1, 0.15) is 21.6 Å². The molecule has 1 saturated heterocycles. The predicted molar refractivity (Wildman–Crippen MR) is 115 cm³/mol. The van der Waals surface area contributed by atoms with E-state index in [-0.39, 0.29) is 17.2 Å².